The lowest BCUT2D eigenvalue weighted by Crippen LogP contribution is -2.04. The van der Waals surface area contributed by atoms with Gasteiger partial charge in [0.15, 0.2) is 0 Å². The van der Waals surface area contributed by atoms with Crippen LogP contribution in [-0.4, -0.2) is 17.6 Å². The van der Waals surface area contributed by atoms with Crippen LogP contribution in [0.3, 0.4) is 0 Å². The summed E-state index contributed by atoms with van der Waals surface area (Å²) in [4.78, 5) is 9.38. The summed E-state index contributed by atoms with van der Waals surface area (Å²) in [5, 5.41) is 0. The molecule has 0 unspecified atom stereocenters. The molecule has 0 aromatic carbocycles. The number of unbranched alkanes of at least 4 members (excludes halogenated alkanes) is 6. The lowest BCUT2D eigenvalue weighted by molar-refractivity contribution is 0.674. The fourth-order valence-electron chi connectivity index (χ4n) is 2.41. The molecule has 0 fully saturated rings. The Kier molecular flexibility index (Phi) is 12.9. The van der Waals surface area contributed by atoms with Gasteiger partial charge in [-0.05, 0) is 46.5 Å². The molecule has 0 aliphatic rings. The van der Waals surface area contributed by atoms with Gasteiger partial charge in [-0.25, -0.2) is 0 Å². The SMILES string of the molecule is CCCCCCC(C)=NC(C)N=C(C)CCCCCC. The van der Waals surface area contributed by atoms with E-state index >= 15 is 0 Å². The number of hydrogen-bond donors (Lipinski definition) is 0. The molecule has 0 aromatic rings. The monoisotopic (exact) mass is 280 g/mol. The van der Waals surface area contributed by atoms with Gasteiger partial charge in [0.2, 0.25) is 0 Å². The second-order valence-electron chi connectivity index (χ2n) is 5.98. The van der Waals surface area contributed by atoms with E-state index in [1.165, 1.54) is 62.8 Å². The first-order valence-corrected chi connectivity index (χ1v) is 8.66. The van der Waals surface area contributed by atoms with Gasteiger partial charge in [-0.15, -0.1) is 0 Å². The van der Waals surface area contributed by atoms with Gasteiger partial charge in [-0.3, -0.25) is 9.98 Å². The van der Waals surface area contributed by atoms with E-state index in [-0.39, 0.29) is 6.17 Å². The molecule has 0 saturated heterocycles. The summed E-state index contributed by atoms with van der Waals surface area (Å²) in [6.45, 7) is 10.9. The number of nitrogens with zero attached hydrogens (tertiary/aromatic N) is 2. The van der Waals surface area contributed by atoms with Gasteiger partial charge in [-0.2, -0.15) is 0 Å². The lowest BCUT2D eigenvalue weighted by Gasteiger charge is -2.07. The van der Waals surface area contributed by atoms with E-state index in [4.69, 9.17) is 0 Å². The van der Waals surface area contributed by atoms with Gasteiger partial charge < -0.3 is 0 Å². The summed E-state index contributed by atoms with van der Waals surface area (Å²) in [6.07, 6.45) is 12.9. The van der Waals surface area contributed by atoms with Crippen molar-refractivity contribution in [3.8, 4) is 0 Å². The number of hydrogen-bond acceptors (Lipinski definition) is 2. The minimum Gasteiger partial charge on any atom is -0.268 e. The van der Waals surface area contributed by atoms with Crippen molar-refractivity contribution in [2.75, 3.05) is 0 Å². The molecule has 0 amide bonds. The summed E-state index contributed by atoms with van der Waals surface area (Å²) in [5.41, 5.74) is 2.52. The molecule has 0 rings (SSSR count). The van der Waals surface area contributed by atoms with Crippen LogP contribution in [0.4, 0.5) is 0 Å². The Morgan fingerprint density at radius 2 is 1.10 bits per heavy atom. The summed E-state index contributed by atoms with van der Waals surface area (Å²) in [7, 11) is 0. The molecule has 0 aromatic heterocycles. The van der Waals surface area contributed by atoms with Crippen molar-refractivity contribution in [2.24, 2.45) is 9.98 Å². The van der Waals surface area contributed by atoms with Crippen LogP contribution in [0.15, 0.2) is 9.98 Å². The summed E-state index contributed by atoms with van der Waals surface area (Å²) in [5.74, 6) is 0. The second kappa shape index (κ2) is 13.3. The highest BCUT2D eigenvalue weighted by molar-refractivity contribution is 5.83. The summed E-state index contributed by atoms with van der Waals surface area (Å²) in [6, 6.07) is 0. The molecule has 20 heavy (non-hydrogen) atoms. The normalized spacial score (nSPS) is 14.7. The van der Waals surface area contributed by atoms with Crippen LogP contribution in [0, 0.1) is 0 Å². The predicted octanol–water partition coefficient (Wildman–Crippen LogP) is 6.20. The molecule has 0 radical (unpaired) electrons. The van der Waals surface area contributed by atoms with E-state index in [2.05, 4.69) is 44.6 Å². The van der Waals surface area contributed by atoms with Crippen molar-refractivity contribution in [1.82, 2.24) is 0 Å². The molecule has 0 spiro atoms. The topological polar surface area (TPSA) is 24.7 Å². The molecular formula is C18H36N2. The molecule has 0 aliphatic heterocycles. The number of rotatable bonds is 12. The smallest absolute Gasteiger partial charge is 0.136 e. The van der Waals surface area contributed by atoms with E-state index in [1.807, 2.05) is 0 Å². The Morgan fingerprint density at radius 1 is 0.700 bits per heavy atom. The first-order chi connectivity index (χ1) is 9.60. The van der Waals surface area contributed by atoms with E-state index in [0.29, 0.717) is 0 Å². The van der Waals surface area contributed by atoms with Crippen molar-refractivity contribution in [3.05, 3.63) is 0 Å². The summed E-state index contributed by atoms with van der Waals surface area (Å²) >= 11 is 0. The molecule has 0 N–H and O–H groups in total. The highest BCUT2D eigenvalue weighted by atomic mass is 15.0. The van der Waals surface area contributed by atoms with E-state index in [9.17, 15) is 0 Å². The maximum atomic E-state index is 4.69. The third-order valence-electron chi connectivity index (χ3n) is 3.60. The standard InChI is InChI=1S/C18H36N2/c1-6-8-10-12-14-16(3)19-18(5)20-17(4)15-13-11-9-7-2/h18H,6-15H2,1-5H3. The van der Waals surface area contributed by atoms with Crippen molar-refractivity contribution >= 4 is 11.4 Å². The van der Waals surface area contributed by atoms with Crippen LogP contribution in [-0.2, 0) is 0 Å². The third-order valence-corrected chi connectivity index (χ3v) is 3.60. The Hall–Kier alpha value is -0.660. The third kappa shape index (κ3) is 12.4. The first kappa shape index (κ1) is 19.3. The summed E-state index contributed by atoms with van der Waals surface area (Å²) < 4.78 is 0. The molecule has 0 heterocycles. The van der Waals surface area contributed by atoms with E-state index < -0.39 is 0 Å². The molecule has 0 aliphatic carbocycles. The maximum Gasteiger partial charge on any atom is 0.136 e. The van der Waals surface area contributed by atoms with Crippen LogP contribution in [0.5, 0.6) is 0 Å². The molecule has 2 heteroatoms. The Labute approximate surface area is 127 Å². The van der Waals surface area contributed by atoms with Crippen LogP contribution in [0.1, 0.15) is 98.8 Å². The van der Waals surface area contributed by atoms with Gasteiger partial charge in [0.05, 0.1) is 0 Å². The quantitative estimate of drug-likeness (QED) is 0.300. The first-order valence-electron chi connectivity index (χ1n) is 8.66. The molecule has 0 atom stereocenters. The molecular weight excluding hydrogens is 244 g/mol. The second-order valence-corrected chi connectivity index (χ2v) is 5.98. The fraction of sp³-hybridized carbons (Fsp3) is 0.889. The van der Waals surface area contributed by atoms with Crippen molar-refractivity contribution in [1.29, 1.82) is 0 Å². The van der Waals surface area contributed by atoms with Crippen LogP contribution < -0.4 is 0 Å². The average Bonchev–Trinajstić information content (AvgIpc) is 2.39. The van der Waals surface area contributed by atoms with E-state index in [0.717, 1.165) is 12.8 Å². The van der Waals surface area contributed by atoms with Crippen molar-refractivity contribution in [2.45, 2.75) is 105 Å². The molecule has 0 saturated carbocycles. The van der Waals surface area contributed by atoms with Crippen molar-refractivity contribution < 1.29 is 0 Å². The highest BCUT2D eigenvalue weighted by Crippen LogP contribution is 2.07. The highest BCUT2D eigenvalue weighted by Gasteiger charge is 2.00. The number of aliphatic imine (C=N–C) groups is 2. The van der Waals surface area contributed by atoms with Gasteiger partial charge in [0.25, 0.3) is 0 Å². The molecule has 0 bridgehead atoms. The Morgan fingerprint density at radius 3 is 1.45 bits per heavy atom. The zero-order chi connectivity index (χ0) is 15.2. The van der Waals surface area contributed by atoms with Crippen LogP contribution >= 0.6 is 0 Å². The minimum atomic E-state index is 0.104. The minimum absolute atomic E-state index is 0.104. The van der Waals surface area contributed by atoms with Gasteiger partial charge in [0, 0.05) is 11.4 Å². The Balaban J connectivity index is 3.94. The van der Waals surface area contributed by atoms with Gasteiger partial charge in [-0.1, -0.05) is 52.4 Å². The van der Waals surface area contributed by atoms with Crippen molar-refractivity contribution in [3.63, 3.8) is 0 Å². The zero-order valence-corrected chi connectivity index (χ0v) is 14.5. The molecule has 2 nitrogen and oxygen atoms in total. The largest absolute Gasteiger partial charge is 0.268 e. The van der Waals surface area contributed by atoms with Gasteiger partial charge >= 0.3 is 0 Å². The predicted molar refractivity (Wildman–Crippen MR) is 93.2 cm³/mol. The van der Waals surface area contributed by atoms with E-state index in [1.54, 1.807) is 0 Å². The maximum absolute atomic E-state index is 4.69. The zero-order valence-electron chi connectivity index (χ0n) is 14.5. The van der Waals surface area contributed by atoms with Crippen LogP contribution in [0.2, 0.25) is 0 Å². The Bertz CT molecular complexity index is 251. The van der Waals surface area contributed by atoms with Crippen LogP contribution in [0.25, 0.3) is 0 Å². The average molecular weight is 280 g/mol. The van der Waals surface area contributed by atoms with Gasteiger partial charge in [0.1, 0.15) is 6.17 Å². The fourth-order valence-corrected chi connectivity index (χ4v) is 2.41. The lowest BCUT2D eigenvalue weighted by atomic mass is 10.1. The molecule has 118 valence electrons.